The molecule has 214 valence electrons. The number of esters is 1. The Hall–Kier alpha value is -2.17. The quantitative estimate of drug-likeness (QED) is 0.189. The van der Waals surface area contributed by atoms with Crippen LogP contribution in [0.25, 0.3) is 0 Å². The minimum absolute atomic E-state index is 0.0852. The second-order valence-corrected chi connectivity index (χ2v) is 14.3. The van der Waals surface area contributed by atoms with E-state index in [1.54, 1.807) is 12.1 Å². The summed E-state index contributed by atoms with van der Waals surface area (Å²) in [5, 5.41) is 12.5. The highest BCUT2D eigenvalue weighted by molar-refractivity contribution is 5.89. The standard InChI is InChI=1S/C34H49NO4/c1-22(2)10-9-11-23(3)27-14-15-28-26-21-31(35(37)38)30-20-25(39-32(36)24-12-7-6-8-13-24)16-18-34(30,5)29(26)17-19-33(27,28)4/h6-8,12-13,22-23,25-29H,9-11,14-21H2,1-5H3. The fourth-order valence-corrected chi connectivity index (χ4v) is 9.84. The number of rotatable bonds is 8. The van der Waals surface area contributed by atoms with Crippen LogP contribution in [0, 0.1) is 56.5 Å². The van der Waals surface area contributed by atoms with Crippen molar-refractivity contribution in [2.75, 3.05) is 0 Å². The molecule has 1 aromatic rings. The number of fused-ring (bicyclic) bond motifs is 5. The van der Waals surface area contributed by atoms with Gasteiger partial charge < -0.3 is 4.74 Å². The number of allylic oxidation sites excluding steroid dienone is 1. The van der Waals surface area contributed by atoms with Gasteiger partial charge in [-0.15, -0.1) is 0 Å². The van der Waals surface area contributed by atoms with Gasteiger partial charge in [-0.05, 0) is 97.0 Å². The zero-order valence-corrected chi connectivity index (χ0v) is 24.8. The first-order valence-electron chi connectivity index (χ1n) is 15.7. The highest BCUT2D eigenvalue weighted by atomic mass is 16.6. The van der Waals surface area contributed by atoms with E-state index in [0.29, 0.717) is 47.3 Å². The highest BCUT2D eigenvalue weighted by Crippen LogP contribution is 2.68. The van der Waals surface area contributed by atoms with Gasteiger partial charge in [-0.3, -0.25) is 10.1 Å². The first kappa shape index (κ1) is 28.4. The van der Waals surface area contributed by atoms with Gasteiger partial charge in [0.1, 0.15) is 6.10 Å². The van der Waals surface area contributed by atoms with Gasteiger partial charge in [0.15, 0.2) is 0 Å². The molecule has 3 fully saturated rings. The first-order chi connectivity index (χ1) is 18.5. The molecule has 0 N–H and O–H groups in total. The van der Waals surface area contributed by atoms with Crippen LogP contribution in [0.15, 0.2) is 41.6 Å². The fraction of sp³-hybridized carbons (Fsp3) is 0.735. The summed E-state index contributed by atoms with van der Waals surface area (Å²) in [6.07, 6.45) is 11.3. The van der Waals surface area contributed by atoms with Crippen molar-refractivity contribution in [2.45, 2.75) is 111 Å². The Labute approximate surface area is 235 Å². The molecule has 0 aromatic heterocycles. The number of benzene rings is 1. The summed E-state index contributed by atoms with van der Waals surface area (Å²) in [6, 6.07) is 9.08. The average molecular weight is 536 g/mol. The lowest BCUT2D eigenvalue weighted by Crippen LogP contribution is -2.52. The summed E-state index contributed by atoms with van der Waals surface area (Å²) in [7, 11) is 0. The van der Waals surface area contributed by atoms with Crippen molar-refractivity contribution in [3.63, 3.8) is 0 Å². The summed E-state index contributed by atoms with van der Waals surface area (Å²) in [6.45, 7) is 12.0. The van der Waals surface area contributed by atoms with E-state index in [0.717, 1.165) is 36.2 Å². The largest absolute Gasteiger partial charge is 0.458 e. The summed E-state index contributed by atoms with van der Waals surface area (Å²) in [5.41, 5.74) is 2.10. The molecular formula is C34H49NO4. The minimum atomic E-state index is -0.325. The molecule has 0 bridgehead atoms. The second-order valence-electron chi connectivity index (χ2n) is 14.3. The van der Waals surface area contributed by atoms with Gasteiger partial charge in [0.2, 0.25) is 5.70 Å². The maximum Gasteiger partial charge on any atom is 0.338 e. The number of hydrogen-bond acceptors (Lipinski definition) is 4. The van der Waals surface area contributed by atoms with Crippen LogP contribution in [-0.2, 0) is 4.74 Å². The molecule has 39 heavy (non-hydrogen) atoms. The van der Waals surface area contributed by atoms with Crippen molar-refractivity contribution in [1.29, 1.82) is 0 Å². The Balaban J connectivity index is 1.35. The predicted molar refractivity (Wildman–Crippen MR) is 155 cm³/mol. The van der Waals surface area contributed by atoms with E-state index in [1.165, 1.54) is 44.9 Å². The molecule has 5 rings (SSSR count). The highest BCUT2D eigenvalue weighted by Gasteiger charge is 2.62. The van der Waals surface area contributed by atoms with Crippen LogP contribution in [0.3, 0.4) is 0 Å². The van der Waals surface area contributed by atoms with E-state index < -0.39 is 0 Å². The van der Waals surface area contributed by atoms with Gasteiger partial charge in [-0.25, -0.2) is 4.79 Å². The van der Waals surface area contributed by atoms with Gasteiger partial charge in [0.25, 0.3) is 0 Å². The molecule has 8 atom stereocenters. The van der Waals surface area contributed by atoms with E-state index in [-0.39, 0.29) is 22.4 Å². The maximum atomic E-state index is 12.8. The Kier molecular flexibility index (Phi) is 8.01. The monoisotopic (exact) mass is 535 g/mol. The van der Waals surface area contributed by atoms with Crippen molar-refractivity contribution in [2.24, 2.45) is 46.3 Å². The molecule has 5 heteroatoms. The van der Waals surface area contributed by atoms with Crippen molar-refractivity contribution in [3.05, 3.63) is 57.3 Å². The molecule has 5 nitrogen and oxygen atoms in total. The number of carbonyl (C=O) groups is 1. The van der Waals surface area contributed by atoms with Crippen molar-refractivity contribution in [1.82, 2.24) is 0 Å². The second kappa shape index (κ2) is 11.0. The van der Waals surface area contributed by atoms with Gasteiger partial charge in [-0.1, -0.05) is 72.1 Å². The predicted octanol–water partition coefficient (Wildman–Crippen LogP) is 8.86. The molecule has 0 amide bonds. The summed E-state index contributed by atoms with van der Waals surface area (Å²) < 4.78 is 5.91. The normalized spacial score (nSPS) is 36.6. The van der Waals surface area contributed by atoms with Crippen LogP contribution >= 0.6 is 0 Å². The molecule has 3 saturated carbocycles. The SMILES string of the molecule is CC(C)CCCC(C)C1CCC2C3CC([N+](=O)[O-])=C4CC(OC(=O)c5ccccc5)CCC4(C)C3CCC12C. The maximum absolute atomic E-state index is 12.8. The van der Waals surface area contributed by atoms with Crippen molar-refractivity contribution < 1.29 is 14.5 Å². The number of carbonyl (C=O) groups excluding carboxylic acids is 1. The molecule has 0 saturated heterocycles. The van der Waals surface area contributed by atoms with Crippen LogP contribution < -0.4 is 0 Å². The Morgan fingerprint density at radius 3 is 2.44 bits per heavy atom. The van der Waals surface area contributed by atoms with Gasteiger partial charge in [0, 0.05) is 18.4 Å². The molecule has 0 radical (unpaired) electrons. The van der Waals surface area contributed by atoms with Gasteiger partial charge in [0.05, 0.1) is 10.5 Å². The van der Waals surface area contributed by atoms with E-state index in [2.05, 4.69) is 34.6 Å². The number of hydrogen-bond donors (Lipinski definition) is 0. The van der Waals surface area contributed by atoms with Crippen LogP contribution in [-0.4, -0.2) is 17.0 Å². The summed E-state index contributed by atoms with van der Waals surface area (Å²) >= 11 is 0. The molecule has 0 spiro atoms. The van der Waals surface area contributed by atoms with E-state index in [1.807, 2.05) is 18.2 Å². The number of nitro groups is 1. The fourth-order valence-electron chi connectivity index (χ4n) is 9.84. The minimum Gasteiger partial charge on any atom is -0.458 e. The number of nitrogens with zero attached hydrogens (tertiary/aromatic N) is 1. The van der Waals surface area contributed by atoms with E-state index in [4.69, 9.17) is 4.74 Å². The molecule has 1 aromatic carbocycles. The lowest BCUT2D eigenvalue weighted by molar-refractivity contribution is -0.434. The molecule has 0 aliphatic heterocycles. The zero-order valence-electron chi connectivity index (χ0n) is 24.8. The zero-order chi connectivity index (χ0) is 27.9. The molecular weight excluding hydrogens is 486 g/mol. The topological polar surface area (TPSA) is 69.4 Å². The van der Waals surface area contributed by atoms with E-state index in [9.17, 15) is 14.9 Å². The lowest BCUT2D eigenvalue weighted by Gasteiger charge is -2.58. The molecule has 0 heterocycles. The Morgan fingerprint density at radius 1 is 1.00 bits per heavy atom. The lowest BCUT2D eigenvalue weighted by atomic mass is 9.46. The third-order valence-electron chi connectivity index (χ3n) is 11.8. The third kappa shape index (κ3) is 5.20. The smallest absolute Gasteiger partial charge is 0.338 e. The van der Waals surface area contributed by atoms with E-state index >= 15 is 0 Å². The molecule has 8 unspecified atom stereocenters. The van der Waals surface area contributed by atoms with Gasteiger partial charge >= 0.3 is 5.97 Å². The van der Waals surface area contributed by atoms with Crippen LogP contribution in [0.4, 0.5) is 0 Å². The summed E-state index contributed by atoms with van der Waals surface area (Å²) in [4.78, 5) is 25.2. The Morgan fingerprint density at radius 2 is 1.74 bits per heavy atom. The van der Waals surface area contributed by atoms with Gasteiger partial charge in [-0.2, -0.15) is 0 Å². The third-order valence-corrected chi connectivity index (χ3v) is 11.8. The number of ether oxygens (including phenoxy) is 1. The van der Waals surface area contributed by atoms with Crippen molar-refractivity contribution in [3.8, 4) is 0 Å². The van der Waals surface area contributed by atoms with Crippen molar-refractivity contribution >= 4 is 5.97 Å². The average Bonchev–Trinajstić information content (AvgIpc) is 3.26. The molecule has 4 aliphatic carbocycles. The molecule has 4 aliphatic rings. The van der Waals surface area contributed by atoms with Crippen LogP contribution in [0.2, 0.25) is 0 Å². The first-order valence-corrected chi connectivity index (χ1v) is 15.7. The van der Waals surface area contributed by atoms with Crippen LogP contribution in [0.1, 0.15) is 116 Å². The summed E-state index contributed by atoms with van der Waals surface area (Å²) in [5.74, 6) is 3.38. The Bertz CT molecular complexity index is 1100. The van der Waals surface area contributed by atoms with Crippen LogP contribution in [0.5, 0.6) is 0 Å².